The van der Waals surface area contributed by atoms with Crippen LogP contribution in [-0.4, -0.2) is 22.9 Å². The third-order valence-electron chi connectivity index (χ3n) is 2.55. The molecule has 1 unspecified atom stereocenters. The molecular formula is C9H16ClNO3. The van der Waals surface area contributed by atoms with Gasteiger partial charge in [-0.25, -0.2) is 0 Å². The summed E-state index contributed by atoms with van der Waals surface area (Å²) in [5, 5.41) is 8.50. The average molecular weight is 222 g/mol. The van der Waals surface area contributed by atoms with Crippen LogP contribution in [0.2, 0.25) is 0 Å². The van der Waals surface area contributed by atoms with Crippen LogP contribution in [0.15, 0.2) is 0 Å². The van der Waals surface area contributed by atoms with Crippen molar-refractivity contribution in [2.24, 2.45) is 11.7 Å². The van der Waals surface area contributed by atoms with Crippen molar-refractivity contribution in [2.45, 2.75) is 38.1 Å². The van der Waals surface area contributed by atoms with Gasteiger partial charge in [0.05, 0.1) is 0 Å². The van der Waals surface area contributed by atoms with Gasteiger partial charge >= 0.3 is 5.97 Å². The molecule has 14 heavy (non-hydrogen) atoms. The Morgan fingerprint density at radius 2 is 1.86 bits per heavy atom. The molecule has 4 nitrogen and oxygen atoms in total. The molecule has 1 rings (SSSR count). The Hall–Kier alpha value is -0.610. The molecule has 1 atom stereocenters. The number of hydrogen-bond donors (Lipinski definition) is 2. The minimum absolute atomic E-state index is 0. The van der Waals surface area contributed by atoms with E-state index < -0.39 is 12.0 Å². The van der Waals surface area contributed by atoms with Crippen LogP contribution in [0.25, 0.3) is 0 Å². The molecule has 1 aliphatic carbocycles. The number of ketones is 1. The molecule has 82 valence electrons. The number of hydrogen-bond acceptors (Lipinski definition) is 3. The van der Waals surface area contributed by atoms with Crippen LogP contribution in [0.3, 0.4) is 0 Å². The maximum Gasteiger partial charge on any atom is 0.320 e. The zero-order valence-electron chi connectivity index (χ0n) is 7.94. The lowest BCUT2D eigenvalue weighted by Crippen LogP contribution is -2.34. The number of halogens is 1. The van der Waals surface area contributed by atoms with Crippen LogP contribution in [0.5, 0.6) is 0 Å². The van der Waals surface area contributed by atoms with E-state index in [1.54, 1.807) is 0 Å². The van der Waals surface area contributed by atoms with Crippen molar-refractivity contribution in [1.82, 2.24) is 0 Å². The van der Waals surface area contributed by atoms with E-state index in [1.807, 2.05) is 0 Å². The topological polar surface area (TPSA) is 80.4 Å². The summed E-state index contributed by atoms with van der Waals surface area (Å²) in [6, 6.07) is -1.02. The number of nitrogens with two attached hydrogens (primary N) is 1. The van der Waals surface area contributed by atoms with Crippen molar-refractivity contribution < 1.29 is 14.7 Å². The minimum Gasteiger partial charge on any atom is -0.480 e. The normalized spacial score (nSPS) is 18.6. The Bertz CT molecular complexity index is 214. The first-order valence-corrected chi connectivity index (χ1v) is 4.62. The summed E-state index contributed by atoms with van der Waals surface area (Å²) in [6.07, 6.45) is 3.97. The minimum atomic E-state index is -1.09. The van der Waals surface area contributed by atoms with Gasteiger partial charge in [0.15, 0.2) is 0 Å². The van der Waals surface area contributed by atoms with E-state index >= 15 is 0 Å². The summed E-state index contributed by atoms with van der Waals surface area (Å²) in [7, 11) is 0. The van der Waals surface area contributed by atoms with Crippen molar-refractivity contribution >= 4 is 24.2 Å². The molecule has 0 aromatic rings. The summed E-state index contributed by atoms with van der Waals surface area (Å²) in [5.74, 6) is -0.996. The molecule has 0 aromatic carbocycles. The molecule has 5 heteroatoms. The molecule has 0 spiro atoms. The zero-order chi connectivity index (χ0) is 9.84. The van der Waals surface area contributed by atoms with Crippen LogP contribution in [0.1, 0.15) is 32.1 Å². The summed E-state index contributed by atoms with van der Waals surface area (Å²) in [4.78, 5) is 21.8. The van der Waals surface area contributed by atoms with Gasteiger partial charge < -0.3 is 10.8 Å². The molecule has 0 aromatic heterocycles. The maximum atomic E-state index is 11.4. The Morgan fingerprint density at radius 3 is 2.29 bits per heavy atom. The van der Waals surface area contributed by atoms with Gasteiger partial charge in [0, 0.05) is 12.3 Å². The highest BCUT2D eigenvalue weighted by Gasteiger charge is 2.25. The smallest absolute Gasteiger partial charge is 0.320 e. The highest BCUT2D eigenvalue weighted by Crippen LogP contribution is 2.26. The Balaban J connectivity index is 0.00000169. The maximum absolute atomic E-state index is 11.4. The molecule has 0 heterocycles. The monoisotopic (exact) mass is 221 g/mol. The predicted molar refractivity (Wildman–Crippen MR) is 54.4 cm³/mol. The van der Waals surface area contributed by atoms with Gasteiger partial charge in [-0.05, 0) is 12.8 Å². The van der Waals surface area contributed by atoms with Crippen molar-refractivity contribution in [3.8, 4) is 0 Å². The largest absolute Gasteiger partial charge is 0.480 e. The quantitative estimate of drug-likeness (QED) is 0.741. The van der Waals surface area contributed by atoms with Gasteiger partial charge in [-0.2, -0.15) is 0 Å². The van der Waals surface area contributed by atoms with Gasteiger partial charge in [-0.15, -0.1) is 12.4 Å². The van der Waals surface area contributed by atoms with Gasteiger partial charge in [-0.3, -0.25) is 9.59 Å². The molecule has 1 fully saturated rings. The third kappa shape index (κ3) is 3.64. The molecule has 0 radical (unpaired) electrons. The van der Waals surface area contributed by atoms with Gasteiger partial charge in [0.1, 0.15) is 11.8 Å². The molecule has 0 saturated heterocycles. The van der Waals surface area contributed by atoms with Crippen LogP contribution >= 0.6 is 12.4 Å². The lowest BCUT2D eigenvalue weighted by molar-refractivity contribution is -0.140. The highest BCUT2D eigenvalue weighted by molar-refractivity contribution is 5.87. The molecule has 3 N–H and O–H groups in total. The molecule has 0 amide bonds. The predicted octanol–water partition coefficient (Wildman–Crippen LogP) is 0.970. The van der Waals surface area contributed by atoms with Crippen molar-refractivity contribution in [2.75, 3.05) is 0 Å². The summed E-state index contributed by atoms with van der Waals surface area (Å²) in [6.45, 7) is 0. The van der Waals surface area contributed by atoms with Crippen LogP contribution in [-0.2, 0) is 9.59 Å². The second-order valence-electron chi connectivity index (χ2n) is 3.60. The summed E-state index contributed by atoms with van der Waals surface area (Å²) >= 11 is 0. The van der Waals surface area contributed by atoms with E-state index in [2.05, 4.69) is 0 Å². The van der Waals surface area contributed by atoms with Gasteiger partial charge in [0.2, 0.25) is 0 Å². The number of Topliss-reactive ketones (excluding diaryl/α,β-unsaturated/α-hetero) is 1. The van der Waals surface area contributed by atoms with Crippen LogP contribution < -0.4 is 5.73 Å². The number of aliphatic carboxylic acids is 1. The fourth-order valence-electron chi connectivity index (χ4n) is 1.72. The number of carbonyl (C=O) groups is 2. The van der Waals surface area contributed by atoms with Crippen LogP contribution in [0.4, 0.5) is 0 Å². The SMILES string of the molecule is Cl.NC(CC(=O)C1CCCC1)C(=O)O. The van der Waals surface area contributed by atoms with E-state index in [1.165, 1.54) is 0 Å². The molecule has 0 bridgehead atoms. The van der Waals surface area contributed by atoms with Gasteiger partial charge in [0.25, 0.3) is 0 Å². The molecule has 1 aliphatic rings. The average Bonchev–Trinajstić information content (AvgIpc) is 2.55. The second-order valence-corrected chi connectivity index (χ2v) is 3.60. The Morgan fingerprint density at radius 1 is 1.36 bits per heavy atom. The fourth-order valence-corrected chi connectivity index (χ4v) is 1.72. The Labute approximate surface area is 89.3 Å². The zero-order valence-corrected chi connectivity index (χ0v) is 8.76. The molecule has 0 aliphatic heterocycles. The van der Waals surface area contributed by atoms with Crippen molar-refractivity contribution in [3.63, 3.8) is 0 Å². The van der Waals surface area contributed by atoms with E-state index in [9.17, 15) is 9.59 Å². The highest BCUT2D eigenvalue weighted by atomic mass is 35.5. The number of carbonyl (C=O) groups excluding carboxylic acids is 1. The summed E-state index contributed by atoms with van der Waals surface area (Å²) < 4.78 is 0. The first kappa shape index (κ1) is 13.4. The van der Waals surface area contributed by atoms with E-state index in [0.717, 1.165) is 25.7 Å². The number of carboxylic acids is 1. The number of carboxylic acid groups (broad SMARTS) is 1. The lowest BCUT2D eigenvalue weighted by atomic mass is 9.97. The number of rotatable bonds is 4. The first-order chi connectivity index (χ1) is 6.11. The third-order valence-corrected chi connectivity index (χ3v) is 2.55. The van der Waals surface area contributed by atoms with E-state index in [0.29, 0.717) is 0 Å². The van der Waals surface area contributed by atoms with Crippen molar-refractivity contribution in [3.05, 3.63) is 0 Å². The molecule has 1 saturated carbocycles. The Kier molecular flexibility index (Phi) is 5.72. The fraction of sp³-hybridized carbons (Fsp3) is 0.778. The summed E-state index contributed by atoms with van der Waals surface area (Å²) in [5.41, 5.74) is 5.26. The van der Waals surface area contributed by atoms with Crippen molar-refractivity contribution in [1.29, 1.82) is 0 Å². The molecular weight excluding hydrogens is 206 g/mol. The van der Waals surface area contributed by atoms with Gasteiger partial charge in [-0.1, -0.05) is 12.8 Å². The van der Waals surface area contributed by atoms with Crippen LogP contribution in [0, 0.1) is 5.92 Å². The second kappa shape index (κ2) is 5.98. The standard InChI is InChI=1S/C9H15NO3.ClH/c10-7(9(12)13)5-8(11)6-3-1-2-4-6;/h6-7H,1-5,10H2,(H,12,13);1H. The van der Waals surface area contributed by atoms with E-state index in [4.69, 9.17) is 10.8 Å². The first-order valence-electron chi connectivity index (χ1n) is 4.62. The van der Waals surface area contributed by atoms with E-state index in [-0.39, 0.29) is 30.5 Å². The lowest BCUT2D eigenvalue weighted by Gasteiger charge is -2.09.